The van der Waals surface area contributed by atoms with E-state index in [-0.39, 0.29) is 11.9 Å². The van der Waals surface area contributed by atoms with Crippen LogP contribution in [-0.2, 0) is 19.4 Å². The number of nitrogens with zero attached hydrogens (tertiary/aromatic N) is 3. The van der Waals surface area contributed by atoms with E-state index in [0.717, 1.165) is 29.4 Å². The summed E-state index contributed by atoms with van der Waals surface area (Å²) in [4.78, 5) is 31.6. The molecule has 5 rings (SSSR count). The number of fused-ring (bicyclic) bond motifs is 3. The summed E-state index contributed by atoms with van der Waals surface area (Å²) < 4.78 is 0. The number of pyridine rings is 1. The molecule has 0 saturated heterocycles. The smallest absolute Gasteiger partial charge is 0.322 e. The fraction of sp³-hybridized carbons (Fsp3) is 0.200. The van der Waals surface area contributed by atoms with Gasteiger partial charge in [-0.15, -0.1) is 0 Å². The van der Waals surface area contributed by atoms with E-state index < -0.39 is 0 Å². The zero-order valence-corrected chi connectivity index (χ0v) is 18.0. The van der Waals surface area contributed by atoms with Crippen LogP contribution in [0.15, 0.2) is 67.0 Å². The van der Waals surface area contributed by atoms with Crippen molar-refractivity contribution < 1.29 is 9.59 Å². The summed E-state index contributed by atoms with van der Waals surface area (Å²) in [5.74, 6) is -0.163. The van der Waals surface area contributed by atoms with Crippen molar-refractivity contribution in [1.82, 2.24) is 25.4 Å². The molecule has 3 heterocycles. The van der Waals surface area contributed by atoms with Gasteiger partial charge in [0.05, 0.1) is 6.20 Å². The van der Waals surface area contributed by atoms with E-state index in [1.54, 1.807) is 41.6 Å². The predicted octanol–water partition coefficient (Wildman–Crippen LogP) is 3.52. The van der Waals surface area contributed by atoms with E-state index in [4.69, 9.17) is 0 Å². The first kappa shape index (κ1) is 20.7. The summed E-state index contributed by atoms with van der Waals surface area (Å²) in [5, 5.41) is 13.8. The van der Waals surface area contributed by atoms with Crippen LogP contribution in [-0.4, -0.2) is 45.1 Å². The number of benzene rings is 2. The largest absolute Gasteiger partial charge is 0.352 e. The first-order valence-electron chi connectivity index (χ1n) is 11.0. The van der Waals surface area contributed by atoms with Crippen LogP contribution >= 0.6 is 0 Å². The molecule has 0 spiro atoms. The van der Waals surface area contributed by atoms with Crippen molar-refractivity contribution >= 4 is 28.7 Å². The second-order valence-electron chi connectivity index (χ2n) is 8.07. The Morgan fingerprint density at radius 3 is 2.82 bits per heavy atom. The highest BCUT2D eigenvalue weighted by molar-refractivity contribution is 5.97. The molecule has 1 aliphatic heterocycles. The molecule has 8 heteroatoms. The zero-order chi connectivity index (χ0) is 22.6. The number of carbonyl (C=O) groups is 2. The first-order valence-corrected chi connectivity index (χ1v) is 11.0. The van der Waals surface area contributed by atoms with Crippen molar-refractivity contribution in [3.63, 3.8) is 0 Å². The third-order valence-electron chi connectivity index (χ3n) is 5.88. The van der Waals surface area contributed by atoms with Crippen LogP contribution in [0.5, 0.6) is 0 Å². The maximum Gasteiger partial charge on any atom is 0.322 e. The summed E-state index contributed by atoms with van der Waals surface area (Å²) in [6.07, 6.45) is 5.09. The van der Waals surface area contributed by atoms with Gasteiger partial charge < -0.3 is 15.5 Å². The molecule has 3 amide bonds. The molecular weight excluding hydrogens is 416 g/mol. The highest BCUT2D eigenvalue weighted by Crippen LogP contribution is 2.25. The topological polar surface area (TPSA) is 103 Å². The molecular formula is C25H24N6O2. The Balaban J connectivity index is 1.19. The molecule has 1 aliphatic rings. The maximum absolute atomic E-state index is 12.9. The van der Waals surface area contributed by atoms with Gasteiger partial charge in [0.2, 0.25) is 0 Å². The van der Waals surface area contributed by atoms with Gasteiger partial charge in [0, 0.05) is 42.5 Å². The minimum Gasteiger partial charge on any atom is -0.352 e. The van der Waals surface area contributed by atoms with Gasteiger partial charge >= 0.3 is 6.03 Å². The Labute approximate surface area is 191 Å². The molecule has 0 bridgehead atoms. The summed E-state index contributed by atoms with van der Waals surface area (Å²) in [6, 6.07) is 16.8. The third-order valence-corrected chi connectivity index (χ3v) is 5.88. The van der Waals surface area contributed by atoms with Gasteiger partial charge in [-0.1, -0.05) is 36.4 Å². The SMILES string of the molecule is O=C(NCCc1ccccc1)c1cccc(NC(=O)N2CCc3c(cnc4[nH]ncc34)C2)c1. The lowest BCUT2D eigenvalue weighted by Gasteiger charge is -2.29. The molecule has 0 unspecified atom stereocenters. The lowest BCUT2D eigenvalue weighted by molar-refractivity contribution is 0.0954. The van der Waals surface area contributed by atoms with Crippen molar-refractivity contribution in [2.24, 2.45) is 0 Å². The van der Waals surface area contributed by atoms with Gasteiger partial charge in [0.25, 0.3) is 5.91 Å². The monoisotopic (exact) mass is 440 g/mol. The Hall–Kier alpha value is -4.20. The lowest BCUT2D eigenvalue weighted by Crippen LogP contribution is -2.39. The Morgan fingerprint density at radius 2 is 1.94 bits per heavy atom. The van der Waals surface area contributed by atoms with Crippen LogP contribution < -0.4 is 10.6 Å². The zero-order valence-electron chi connectivity index (χ0n) is 18.0. The number of carbonyl (C=O) groups excluding carboxylic acids is 2. The second kappa shape index (κ2) is 9.12. The predicted molar refractivity (Wildman–Crippen MR) is 126 cm³/mol. The van der Waals surface area contributed by atoms with Crippen molar-refractivity contribution in [3.05, 3.63) is 89.2 Å². The number of amides is 3. The average molecular weight is 441 g/mol. The number of aromatic amines is 1. The van der Waals surface area contributed by atoms with Crippen LogP contribution in [0.4, 0.5) is 10.5 Å². The normalized spacial score (nSPS) is 12.9. The van der Waals surface area contributed by atoms with Gasteiger partial charge in [0.1, 0.15) is 0 Å². The Morgan fingerprint density at radius 1 is 1.06 bits per heavy atom. The highest BCUT2D eigenvalue weighted by Gasteiger charge is 2.23. The molecule has 2 aromatic carbocycles. The van der Waals surface area contributed by atoms with Gasteiger partial charge in [-0.3, -0.25) is 9.89 Å². The summed E-state index contributed by atoms with van der Waals surface area (Å²) in [5.41, 5.74) is 5.25. The van der Waals surface area contributed by atoms with E-state index in [1.807, 2.05) is 30.3 Å². The van der Waals surface area contributed by atoms with E-state index in [2.05, 4.69) is 25.8 Å². The van der Waals surface area contributed by atoms with E-state index >= 15 is 0 Å². The number of hydrogen-bond donors (Lipinski definition) is 3. The minimum absolute atomic E-state index is 0.163. The van der Waals surface area contributed by atoms with Gasteiger partial charge in [-0.2, -0.15) is 5.10 Å². The molecule has 166 valence electrons. The van der Waals surface area contributed by atoms with E-state index in [1.165, 1.54) is 11.1 Å². The average Bonchev–Trinajstić information content (AvgIpc) is 3.34. The molecule has 33 heavy (non-hydrogen) atoms. The standard InChI is InChI=1S/C25H24N6O2/c32-24(26-11-9-17-5-2-1-3-6-17)18-7-4-8-20(13-18)29-25(33)31-12-10-21-19(16-31)14-27-23-22(21)15-28-30-23/h1-8,13-15H,9-12,16H2,(H,26,32)(H,29,33)(H,27,28,30). The fourth-order valence-electron chi connectivity index (χ4n) is 4.14. The van der Waals surface area contributed by atoms with Crippen molar-refractivity contribution in [2.45, 2.75) is 19.4 Å². The molecule has 8 nitrogen and oxygen atoms in total. The van der Waals surface area contributed by atoms with Crippen LogP contribution in [0.3, 0.4) is 0 Å². The van der Waals surface area contributed by atoms with Crippen molar-refractivity contribution in [3.8, 4) is 0 Å². The molecule has 0 atom stereocenters. The number of rotatable bonds is 5. The molecule has 4 aromatic rings. The third kappa shape index (κ3) is 4.55. The fourth-order valence-corrected chi connectivity index (χ4v) is 4.14. The second-order valence-corrected chi connectivity index (χ2v) is 8.07. The first-order chi connectivity index (χ1) is 16.2. The lowest BCUT2D eigenvalue weighted by atomic mass is 9.99. The van der Waals surface area contributed by atoms with Crippen molar-refractivity contribution in [2.75, 3.05) is 18.4 Å². The summed E-state index contributed by atoms with van der Waals surface area (Å²) in [7, 11) is 0. The number of hydrogen-bond acceptors (Lipinski definition) is 4. The number of aromatic nitrogens is 3. The maximum atomic E-state index is 12.9. The molecule has 3 N–H and O–H groups in total. The highest BCUT2D eigenvalue weighted by atomic mass is 16.2. The van der Waals surface area contributed by atoms with Gasteiger partial charge in [-0.05, 0) is 47.7 Å². The molecule has 0 fully saturated rings. The minimum atomic E-state index is -0.199. The van der Waals surface area contributed by atoms with Crippen LogP contribution in [0.1, 0.15) is 27.0 Å². The molecule has 0 radical (unpaired) electrons. The Bertz CT molecular complexity index is 1300. The number of anilines is 1. The molecule has 0 saturated carbocycles. The van der Waals surface area contributed by atoms with Crippen LogP contribution in [0.25, 0.3) is 11.0 Å². The summed E-state index contributed by atoms with van der Waals surface area (Å²) >= 11 is 0. The van der Waals surface area contributed by atoms with Gasteiger partial charge in [-0.25, -0.2) is 9.78 Å². The van der Waals surface area contributed by atoms with E-state index in [0.29, 0.717) is 30.9 Å². The summed E-state index contributed by atoms with van der Waals surface area (Å²) in [6.45, 7) is 1.63. The van der Waals surface area contributed by atoms with Crippen LogP contribution in [0, 0.1) is 0 Å². The number of urea groups is 1. The molecule has 0 aliphatic carbocycles. The Kier molecular flexibility index (Phi) is 5.72. The number of H-pyrrole nitrogens is 1. The molecule has 2 aromatic heterocycles. The van der Waals surface area contributed by atoms with Gasteiger partial charge in [0.15, 0.2) is 5.65 Å². The van der Waals surface area contributed by atoms with E-state index in [9.17, 15) is 9.59 Å². The quantitative estimate of drug-likeness (QED) is 0.442. The number of nitrogens with one attached hydrogen (secondary N) is 3. The van der Waals surface area contributed by atoms with Crippen LogP contribution in [0.2, 0.25) is 0 Å². The van der Waals surface area contributed by atoms with Crippen molar-refractivity contribution in [1.29, 1.82) is 0 Å².